The van der Waals surface area contributed by atoms with Gasteiger partial charge in [0.1, 0.15) is 5.75 Å². The zero-order chi connectivity index (χ0) is 41.2. The number of rotatable bonds is 9. The number of amides is 4. The molecule has 7 aromatic carbocycles. The quantitative estimate of drug-likeness (QED) is 0.0196. The van der Waals surface area contributed by atoms with Crippen molar-refractivity contribution in [2.75, 3.05) is 9.80 Å². The van der Waals surface area contributed by atoms with Gasteiger partial charge in [-0.3, -0.25) is 32.8 Å². The fraction of sp³-hybridized carbons (Fsp3) is 0. The molecule has 2 aliphatic heterocycles. The minimum absolute atomic E-state index is 0.0272. The molecule has 0 bridgehead atoms. The summed E-state index contributed by atoms with van der Waals surface area (Å²) in [4.78, 5) is 56.2. The fourth-order valence-electron chi connectivity index (χ4n) is 7.64. The van der Waals surface area contributed by atoms with Crippen LogP contribution >= 0.6 is 12.0 Å². The molecule has 4 N–H and O–H groups in total. The smallest absolute Gasteiger partial charge is 0.357 e. The summed E-state index contributed by atoms with van der Waals surface area (Å²) in [6.07, 6.45) is 0. The molecular formula is C36H18N2O16S4. The minimum Gasteiger partial charge on any atom is -0.380 e. The van der Waals surface area contributed by atoms with Crippen molar-refractivity contribution in [1.82, 2.24) is 0 Å². The third kappa shape index (κ3) is 5.65. The highest BCUT2D eigenvalue weighted by Gasteiger charge is 2.39. The molecule has 2 heterocycles. The van der Waals surface area contributed by atoms with E-state index in [-0.39, 0.29) is 44.0 Å². The maximum absolute atomic E-state index is 14.2. The van der Waals surface area contributed by atoms with Crippen LogP contribution in [0.15, 0.2) is 99.6 Å². The summed E-state index contributed by atoms with van der Waals surface area (Å²) >= 11 is -2.34. The van der Waals surface area contributed by atoms with Gasteiger partial charge in [-0.25, -0.2) is 15.1 Å². The van der Waals surface area contributed by atoms with E-state index in [1.807, 2.05) is 0 Å². The van der Waals surface area contributed by atoms with Gasteiger partial charge in [0.05, 0.1) is 33.2 Å². The number of benzene rings is 7. The average Bonchev–Trinajstić information content (AvgIpc) is 3.16. The summed E-state index contributed by atoms with van der Waals surface area (Å²) in [5.41, 5.74) is -0.463. The van der Waals surface area contributed by atoms with E-state index in [4.69, 9.17) is 9.44 Å². The van der Waals surface area contributed by atoms with E-state index < -0.39 is 70.7 Å². The average molecular weight is 863 g/mol. The largest absolute Gasteiger partial charge is 0.380 e. The van der Waals surface area contributed by atoms with Gasteiger partial charge in [0.25, 0.3) is 43.9 Å². The van der Waals surface area contributed by atoms with Crippen LogP contribution in [0.4, 0.5) is 11.4 Å². The van der Waals surface area contributed by atoms with E-state index in [0.29, 0.717) is 72.8 Å². The topological polar surface area (TPSA) is 269 Å². The lowest BCUT2D eigenvalue weighted by Gasteiger charge is -2.30. The highest BCUT2D eigenvalue weighted by Crippen LogP contribution is 2.47. The minimum atomic E-state index is -5.09. The van der Waals surface area contributed by atoms with Crippen LogP contribution in [-0.2, 0) is 41.0 Å². The standard InChI is InChI=1S/C36H18N2O16S4/c39-33-25-5-1-21-23-3-7-27-32-28(36(42)38(35(27)41)16-11-19(57(46,47)48)14-20(12-16)58(49,50)51)8-4-24(30(23)32)22-2-6-26(31(25)29(21)22)34(40)37(33)15-9-17(52-56(44)45)13-18(10-15)55-54-53-43/h1-14,43H,(H,44,45)(H,46,47,48)(H,49,50,51). The molecule has 0 fully saturated rings. The number of hydrogen-bond acceptors (Lipinski definition) is 14. The molecule has 1 unspecified atom stereocenters. The van der Waals surface area contributed by atoms with Crippen molar-refractivity contribution in [3.63, 3.8) is 0 Å². The lowest BCUT2D eigenvalue weighted by Crippen LogP contribution is -2.40. The number of hydrogen-bond donors (Lipinski definition) is 4. The maximum atomic E-state index is 14.2. The predicted octanol–water partition coefficient (Wildman–Crippen LogP) is 5.78. The molecule has 18 nitrogen and oxygen atoms in total. The van der Waals surface area contributed by atoms with Crippen LogP contribution < -0.4 is 14.0 Å². The molecule has 2 aliphatic rings. The molecule has 0 saturated carbocycles. The Morgan fingerprint density at radius 3 is 1.31 bits per heavy atom. The van der Waals surface area contributed by atoms with Crippen molar-refractivity contribution in [3.05, 3.63) is 107 Å². The molecule has 0 saturated heterocycles. The summed E-state index contributed by atoms with van der Waals surface area (Å²) in [6, 6.07) is 17.9. The Morgan fingerprint density at radius 1 is 0.552 bits per heavy atom. The Balaban J connectivity index is 1.22. The second kappa shape index (κ2) is 13.0. The summed E-state index contributed by atoms with van der Waals surface area (Å²) in [5, 5.41) is 15.9. The van der Waals surface area contributed by atoms with Crippen molar-refractivity contribution < 1.29 is 72.7 Å². The van der Waals surface area contributed by atoms with E-state index in [0.717, 1.165) is 4.90 Å². The molecule has 22 heteroatoms. The number of nitrogens with zero attached hydrogens (tertiary/aromatic N) is 2. The molecule has 0 radical (unpaired) electrons. The Kier molecular flexibility index (Phi) is 8.47. The van der Waals surface area contributed by atoms with Crippen LogP contribution in [0.2, 0.25) is 0 Å². The molecule has 58 heavy (non-hydrogen) atoms. The van der Waals surface area contributed by atoms with Crippen LogP contribution in [0.5, 0.6) is 5.75 Å². The first-order valence-corrected chi connectivity index (χ1v) is 20.8. The van der Waals surface area contributed by atoms with Crippen LogP contribution in [-0.4, -0.2) is 63.6 Å². The van der Waals surface area contributed by atoms with E-state index in [1.165, 1.54) is 42.5 Å². The fourth-order valence-corrected chi connectivity index (χ4v) is 9.51. The maximum Gasteiger partial charge on any atom is 0.357 e. The monoisotopic (exact) mass is 862 g/mol. The summed E-state index contributed by atoms with van der Waals surface area (Å²) in [7, 11) is -10.2. The zero-order valence-electron chi connectivity index (χ0n) is 28.3. The summed E-state index contributed by atoms with van der Waals surface area (Å²) in [5.74, 6) is -3.70. The number of fused-ring (bicyclic) bond motifs is 2. The van der Waals surface area contributed by atoms with Crippen LogP contribution in [0.25, 0.3) is 43.1 Å². The predicted molar refractivity (Wildman–Crippen MR) is 205 cm³/mol. The highest BCUT2D eigenvalue weighted by molar-refractivity contribution is 7.94. The van der Waals surface area contributed by atoms with Crippen molar-refractivity contribution in [1.29, 1.82) is 0 Å². The van der Waals surface area contributed by atoms with Gasteiger partial charge >= 0.3 is 11.4 Å². The van der Waals surface area contributed by atoms with Crippen LogP contribution in [0.3, 0.4) is 0 Å². The van der Waals surface area contributed by atoms with E-state index in [2.05, 4.69) is 9.37 Å². The van der Waals surface area contributed by atoms with Crippen molar-refractivity contribution in [2.24, 2.45) is 0 Å². The van der Waals surface area contributed by atoms with Gasteiger partial charge in [0, 0.05) is 44.0 Å². The van der Waals surface area contributed by atoms with Gasteiger partial charge in [-0.2, -0.15) is 21.0 Å². The van der Waals surface area contributed by atoms with E-state index >= 15 is 0 Å². The number of imide groups is 2. The first-order chi connectivity index (χ1) is 27.5. The normalized spacial score (nSPS) is 15.1. The molecule has 0 spiro atoms. The van der Waals surface area contributed by atoms with Gasteiger partial charge in [0.15, 0.2) is 0 Å². The van der Waals surface area contributed by atoms with Crippen molar-refractivity contribution in [2.45, 2.75) is 14.7 Å². The Hall–Kier alpha value is -5.92. The molecule has 0 aromatic heterocycles. The Labute approximate surface area is 330 Å². The molecule has 7 aromatic rings. The zero-order valence-corrected chi connectivity index (χ0v) is 31.6. The second-order valence-corrected chi connectivity index (χ2v) is 17.1. The molecular weight excluding hydrogens is 845 g/mol. The SMILES string of the molecule is O=C1c2ccc3c4ccc5c6c(ccc(c7ccc(c2c37)C(=O)N1c1cc(OS(=O)O)cc(SOOO)c1)c64)C(=O)N(c1cc(S(=O)(=O)O)cc(S(=O)(=O)O)c1)C5=O. The summed E-state index contributed by atoms with van der Waals surface area (Å²) in [6.45, 7) is 0. The second-order valence-electron chi connectivity index (χ2n) is 12.8. The lowest BCUT2D eigenvalue weighted by atomic mass is 9.82. The van der Waals surface area contributed by atoms with Gasteiger partial charge in [0.2, 0.25) is 0 Å². The Morgan fingerprint density at radius 2 is 0.948 bits per heavy atom. The molecule has 292 valence electrons. The third-order valence-electron chi connectivity index (χ3n) is 9.81. The number of carbonyl (C=O) groups excluding carboxylic acids is 4. The first-order valence-electron chi connectivity index (χ1n) is 16.1. The highest BCUT2D eigenvalue weighted by atomic mass is 32.2. The van der Waals surface area contributed by atoms with E-state index in [9.17, 15) is 53.9 Å². The van der Waals surface area contributed by atoms with Crippen LogP contribution in [0.1, 0.15) is 41.4 Å². The number of carbonyl (C=O) groups is 4. The van der Waals surface area contributed by atoms with Gasteiger partial charge < -0.3 is 4.18 Å². The van der Waals surface area contributed by atoms with Crippen molar-refractivity contribution in [3.8, 4) is 5.75 Å². The molecule has 4 amide bonds. The van der Waals surface area contributed by atoms with Crippen LogP contribution in [0, 0.1) is 0 Å². The van der Waals surface area contributed by atoms with Crippen molar-refractivity contribution >= 4 is 122 Å². The Bertz CT molecular complexity index is 3160. The lowest BCUT2D eigenvalue weighted by molar-refractivity contribution is -0.432. The van der Waals surface area contributed by atoms with Gasteiger partial charge in [-0.15, -0.1) is 4.33 Å². The molecule has 0 aliphatic carbocycles. The first kappa shape index (κ1) is 37.6. The van der Waals surface area contributed by atoms with Gasteiger partial charge in [-0.05, 0) is 86.9 Å². The summed E-state index contributed by atoms with van der Waals surface area (Å²) < 4.78 is 97.7. The van der Waals surface area contributed by atoms with Gasteiger partial charge in [-0.1, -0.05) is 29.3 Å². The van der Waals surface area contributed by atoms with E-state index in [1.54, 1.807) is 24.3 Å². The molecule has 1 atom stereocenters. The molecule has 9 rings (SSSR count). The number of anilines is 2. The third-order valence-corrected chi connectivity index (χ3v) is 12.4.